The molecule has 1 atom stereocenters. The molecule has 10 nitrogen and oxygen atoms in total. The van der Waals surface area contributed by atoms with Crippen LogP contribution in [0.1, 0.15) is 29.3 Å². The minimum Gasteiger partial charge on any atom is -0.449 e. The summed E-state index contributed by atoms with van der Waals surface area (Å²) in [7, 11) is 0. The van der Waals surface area contributed by atoms with Gasteiger partial charge in [0.25, 0.3) is 11.6 Å². The summed E-state index contributed by atoms with van der Waals surface area (Å²) < 4.78 is 12.6. The number of carbonyl (C=O) groups is 1. The van der Waals surface area contributed by atoms with Gasteiger partial charge < -0.3 is 9.15 Å². The van der Waals surface area contributed by atoms with Gasteiger partial charge in [0.2, 0.25) is 5.89 Å². The molecule has 2 aromatic carbocycles. The average molecular weight is 405 g/mol. The molecular weight excluding hydrogens is 390 g/mol. The maximum absolute atomic E-state index is 12.4. The van der Waals surface area contributed by atoms with Crippen molar-refractivity contribution in [3.05, 3.63) is 88.6 Å². The predicted molar refractivity (Wildman–Crippen MR) is 104 cm³/mol. The summed E-state index contributed by atoms with van der Waals surface area (Å²) in [4.78, 5) is 22.7. The van der Waals surface area contributed by atoms with Crippen LogP contribution in [0.5, 0.6) is 0 Å². The summed E-state index contributed by atoms with van der Waals surface area (Å²) in [6, 6.07) is 14.3. The summed E-state index contributed by atoms with van der Waals surface area (Å²) in [6.07, 6.45) is 2.69. The summed E-state index contributed by atoms with van der Waals surface area (Å²) in [5, 5.41) is 22.7. The Morgan fingerprint density at radius 1 is 1.13 bits per heavy atom. The van der Waals surface area contributed by atoms with Crippen molar-refractivity contribution in [1.82, 2.24) is 20.0 Å². The number of non-ortho nitro benzene ring substituents is 1. The van der Waals surface area contributed by atoms with E-state index >= 15 is 0 Å². The Bertz CT molecular complexity index is 1170. The van der Waals surface area contributed by atoms with Crippen molar-refractivity contribution in [3.63, 3.8) is 0 Å². The smallest absolute Gasteiger partial charge is 0.338 e. The summed E-state index contributed by atoms with van der Waals surface area (Å²) >= 11 is 0. The van der Waals surface area contributed by atoms with Gasteiger partial charge in [0.15, 0.2) is 6.10 Å². The fourth-order valence-corrected chi connectivity index (χ4v) is 2.69. The second-order valence-corrected chi connectivity index (χ2v) is 6.29. The van der Waals surface area contributed by atoms with Gasteiger partial charge in [-0.1, -0.05) is 0 Å². The number of benzene rings is 2. The van der Waals surface area contributed by atoms with Crippen molar-refractivity contribution < 1.29 is 18.9 Å². The number of hydrogen-bond donors (Lipinski definition) is 0. The first-order chi connectivity index (χ1) is 14.5. The molecule has 0 unspecified atom stereocenters. The molecule has 0 aliphatic rings. The van der Waals surface area contributed by atoms with Crippen molar-refractivity contribution in [3.8, 4) is 17.1 Å². The van der Waals surface area contributed by atoms with Crippen LogP contribution in [0, 0.1) is 10.1 Å². The van der Waals surface area contributed by atoms with Crippen molar-refractivity contribution in [2.75, 3.05) is 0 Å². The zero-order valence-electron chi connectivity index (χ0n) is 15.7. The van der Waals surface area contributed by atoms with Crippen LogP contribution in [0.15, 0.2) is 71.4 Å². The summed E-state index contributed by atoms with van der Waals surface area (Å²) in [5.41, 5.74) is 1.66. The molecule has 30 heavy (non-hydrogen) atoms. The lowest BCUT2D eigenvalue weighted by molar-refractivity contribution is -0.384. The van der Waals surface area contributed by atoms with E-state index in [2.05, 4.69) is 15.3 Å². The Morgan fingerprint density at radius 2 is 1.87 bits per heavy atom. The minimum atomic E-state index is -0.775. The van der Waals surface area contributed by atoms with Crippen LogP contribution >= 0.6 is 0 Å². The molecule has 0 aliphatic carbocycles. The highest BCUT2D eigenvalue weighted by atomic mass is 16.6. The zero-order chi connectivity index (χ0) is 21.1. The molecule has 0 N–H and O–H groups in total. The average Bonchev–Trinajstić information content (AvgIpc) is 3.46. The van der Waals surface area contributed by atoms with Gasteiger partial charge in [-0.15, -0.1) is 10.2 Å². The molecule has 0 radical (unpaired) electrons. The predicted octanol–water partition coefficient (Wildman–Crippen LogP) is 3.75. The fraction of sp³-hybridized carbons (Fsp3) is 0.100. The minimum absolute atomic E-state index is 0.0423. The van der Waals surface area contributed by atoms with Gasteiger partial charge >= 0.3 is 5.97 Å². The van der Waals surface area contributed by atoms with Gasteiger partial charge in [0, 0.05) is 30.1 Å². The third-order valence-corrected chi connectivity index (χ3v) is 4.27. The highest BCUT2D eigenvalue weighted by Gasteiger charge is 2.20. The van der Waals surface area contributed by atoms with Gasteiger partial charge in [-0.05, 0) is 49.4 Å². The number of hydrogen-bond acceptors (Lipinski definition) is 8. The van der Waals surface area contributed by atoms with Crippen LogP contribution in [0.25, 0.3) is 17.1 Å². The molecule has 0 saturated carbocycles. The highest BCUT2D eigenvalue weighted by Crippen LogP contribution is 2.25. The van der Waals surface area contributed by atoms with Crippen molar-refractivity contribution in [2.24, 2.45) is 0 Å². The van der Waals surface area contributed by atoms with E-state index in [9.17, 15) is 14.9 Å². The van der Waals surface area contributed by atoms with Crippen LogP contribution in [0.2, 0.25) is 0 Å². The molecule has 0 saturated heterocycles. The largest absolute Gasteiger partial charge is 0.449 e. The molecule has 2 aromatic heterocycles. The number of aromatic nitrogens is 4. The SMILES string of the molecule is C[C@H](OC(=O)c1ccc(-n2cccn2)cc1)c1nnc(-c2ccc([N+](=O)[O-])cc2)o1. The topological polar surface area (TPSA) is 126 Å². The molecule has 0 amide bonds. The molecule has 0 fully saturated rings. The van der Waals surface area contributed by atoms with Crippen LogP contribution in [0.3, 0.4) is 0 Å². The molecule has 0 aliphatic heterocycles. The monoisotopic (exact) mass is 405 g/mol. The Morgan fingerprint density at radius 3 is 2.50 bits per heavy atom. The number of ether oxygens (including phenoxy) is 1. The highest BCUT2D eigenvalue weighted by molar-refractivity contribution is 5.89. The van der Waals surface area contributed by atoms with Gasteiger partial charge in [0.05, 0.1) is 16.2 Å². The lowest BCUT2D eigenvalue weighted by Crippen LogP contribution is -2.09. The molecule has 0 bridgehead atoms. The maximum Gasteiger partial charge on any atom is 0.338 e. The Kier molecular flexibility index (Phi) is 5.04. The van der Waals surface area contributed by atoms with Crippen molar-refractivity contribution >= 4 is 11.7 Å². The zero-order valence-corrected chi connectivity index (χ0v) is 15.7. The van der Waals surface area contributed by atoms with E-state index in [1.165, 1.54) is 24.3 Å². The van der Waals surface area contributed by atoms with Crippen LogP contribution in [-0.2, 0) is 4.74 Å². The fourth-order valence-electron chi connectivity index (χ4n) is 2.69. The third kappa shape index (κ3) is 3.92. The van der Waals surface area contributed by atoms with E-state index in [1.54, 1.807) is 54.3 Å². The Balaban J connectivity index is 1.43. The number of nitro groups is 1. The quantitative estimate of drug-likeness (QED) is 0.270. The van der Waals surface area contributed by atoms with E-state index in [0.29, 0.717) is 11.1 Å². The first kappa shape index (κ1) is 19.0. The molecule has 4 aromatic rings. The number of esters is 1. The Labute approximate surface area is 169 Å². The maximum atomic E-state index is 12.4. The third-order valence-electron chi connectivity index (χ3n) is 4.27. The van der Waals surface area contributed by atoms with Gasteiger partial charge in [0.1, 0.15) is 0 Å². The van der Waals surface area contributed by atoms with Crippen LogP contribution < -0.4 is 0 Å². The standard InChI is InChI=1S/C20H15N5O5/c1-13(18-22-23-19(30-18)14-3-9-17(10-4-14)25(27)28)29-20(26)15-5-7-16(8-6-15)24-12-2-11-21-24/h2-13H,1H3/t13-/m0/s1. The number of nitrogens with zero attached hydrogens (tertiary/aromatic N) is 5. The van der Waals surface area contributed by atoms with E-state index in [4.69, 9.17) is 9.15 Å². The van der Waals surface area contributed by atoms with Gasteiger partial charge in [-0.2, -0.15) is 5.10 Å². The van der Waals surface area contributed by atoms with Crippen LogP contribution in [-0.4, -0.2) is 30.9 Å². The summed E-state index contributed by atoms with van der Waals surface area (Å²) in [5.74, 6) is -0.249. The molecule has 0 spiro atoms. The number of rotatable bonds is 6. The normalized spacial score (nSPS) is 11.8. The van der Waals surface area contributed by atoms with E-state index in [1.807, 2.05) is 0 Å². The van der Waals surface area contributed by atoms with E-state index in [-0.39, 0.29) is 17.5 Å². The lowest BCUT2D eigenvalue weighted by Gasteiger charge is -2.10. The van der Waals surface area contributed by atoms with Gasteiger partial charge in [-0.3, -0.25) is 10.1 Å². The van der Waals surface area contributed by atoms with E-state index < -0.39 is 17.0 Å². The van der Waals surface area contributed by atoms with E-state index in [0.717, 1.165) is 5.69 Å². The van der Waals surface area contributed by atoms with Gasteiger partial charge in [-0.25, -0.2) is 9.48 Å². The molecule has 4 rings (SSSR count). The molecular formula is C20H15N5O5. The van der Waals surface area contributed by atoms with Crippen LogP contribution in [0.4, 0.5) is 5.69 Å². The number of carbonyl (C=O) groups excluding carboxylic acids is 1. The lowest BCUT2D eigenvalue weighted by atomic mass is 10.2. The first-order valence-corrected chi connectivity index (χ1v) is 8.90. The summed E-state index contributed by atoms with van der Waals surface area (Å²) in [6.45, 7) is 1.61. The second kappa shape index (κ2) is 7.95. The first-order valence-electron chi connectivity index (χ1n) is 8.90. The molecule has 2 heterocycles. The Hall–Kier alpha value is -4.34. The van der Waals surface area contributed by atoms with Crippen molar-refractivity contribution in [1.29, 1.82) is 0 Å². The molecule has 150 valence electrons. The number of nitro benzene ring substituents is 1. The van der Waals surface area contributed by atoms with Crippen molar-refractivity contribution in [2.45, 2.75) is 13.0 Å². The molecule has 10 heteroatoms. The second-order valence-electron chi connectivity index (χ2n) is 6.29.